The molecule has 2 nitrogen and oxygen atoms in total. The molecule has 0 spiro atoms. The maximum atomic E-state index is 5.30. The largest absolute Gasteiger partial charge is 0.375 e. The van der Waals surface area contributed by atoms with Gasteiger partial charge in [-0.05, 0) is 40.3 Å². The topological polar surface area (TPSA) is 35.2 Å². The zero-order valence-corrected chi connectivity index (χ0v) is 8.95. The second kappa shape index (κ2) is 5.50. The van der Waals surface area contributed by atoms with E-state index in [9.17, 15) is 0 Å². The minimum Gasteiger partial charge on any atom is -0.375 e. The maximum absolute atomic E-state index is 5.30. The minimum absolute atomic E-state index is 0.587. The summed E-state index contributed by atoms with van der Waals surface area (Å²) in [6.45, 7) is 1.88. The Hall–Kier alpha value is -0.130. The minimum atomic E-state index is 0.587. The molecule has 2 N–H and O–H groups in total. The molecule has 0 atom stereocenters. The second-order valence-corrected chi connectivity index (χ2v) is 3.72. The van der Waals surface area contributed by atoms with Gasteiger partial charge in [-0.1, -0.05) is 12.1 Å². The van der Waals surface area contributed by atoms with E-state index in [0.29, 0.717) is 19.8 Å². The Morgan fingerprint density at radius 2 is 2.25 bits per heavy atom. The third-order valence-electron chi connectivity index (χ3n) is 1.42. The molecular formula is C9H12INO. The predicted octanol–water partition coefficient (Wildman–Crippen LogP) is 1.77. The molecule has 12 heavy (non-hydrogen) atoms. The summed E-state index contributed by atoms with van der Waals surface area (Å²) >= 11 is 2.29. The predicted molar refractivity (Wildman–Crippen MR) is 57.9 cm³/mol. The fourth-order valence-electron chi connectivity index (χ4n) is 0.900. The van der Waals surface area contributed by atoms with Crippen molar-refractivity contribution in [3.05, 3.63) is 33.4 Å². The molecular weight excluding hydrogens is 265 g/mol. The number of nitrogens with two attached hydrogens (primary N) is 1. The Morgan fingerprint density at radius 1 is 1.42 bits per heavy atom. The molecule has 66 valence electrons. The van der Waals surface area contributed by atoms with Gasteiger partial charge in [-0.2, -0.15) is 0 Å². The molecule has 1 aromatic carbocycles. The van der Waals surface area contributed by atoms with Gasteiger partial charge < -0.3 is 10.5 Å². The van der Waals surface area contributed by atoms with Gasteiger partial charge in [-0.15, -0.1) is 0 Å². The van der Waals surface area contributed by atoms with Crippen LogP contribution in [0.25, 0.3) is 0 Å². The van der Waals surface area contributed by atoms with Crippen LogP contribution in [0.4, 0.5) is 0 Å². The highest BCUT2D eigenvalue weighted by molar-refractivity contribution is 14.1. The van der Waals surface area contributed by atoms with Crippen molar-refractivity contribution in [3.8, 4) is 0 Å². The average molecular weight is 277 g/mol. The fourth-order valence-corrected chi connectivity index (χ4v) is 1.51. The average Bonchev–Trinajstić information content (AvgIpc) is 2.05. The molecule has 0 unspecified atom stereocenters. The summed E-state index contributed by atoms with van der Waals surface area (Å²) in [5.74, 6) is 0. The molecule has 0 aliphatic heterocycles. The normalized spacial score (nSPS) is 10.2. The third kappa shape index (κ3) is 3.51. The zero-order valence-electron chi connectivity index (χ0n) is 6.79. The van der Waals surface area contributed by atoms with E-state index in [-0.39, 0.29) is 0 Å². The highest BCUT2D eigenvalue weighted by Gasteiger charge is 1.92. The van der Waals surface area contributed by atoms with E-state index in [2.05, 4.69) is 40.8 Å². The van der Waals surface area contributed by atoms with Crippen molar-refractivity contribution in [3.63, 3.8) is 0 Å². The van der Waals surface area contributed by atoms with Crippen LogP contribution in [-0.2, 0) is 11.3 Å². The summed E-state index contributed by atoms with van der Waals surface area (Å²) in [4.78, 5) is 0. The first kappa shape index (κ1) is 9.95. The lowest BCUT2D eigenvalue weighted by Crippen LogP contribution is -2.08. The summed E-state index contributed by atoms with van der Waals surface area (Å²) in [6, 6.07) is 8.26. The van der Waals surface area contributed by atoms with Gasteiger partial charge in [0.2, 0.25) is 0 Å². The number of hydrogen-bond donors (Lipinski definition) is 1. The van der Waals surface area contributed by atoms with Crippen molar-refractivity contribution in [2.45, 2.75) is 6.61 Å². The van der Waals surface area contributed by atoms with Gasteiger partial charge in [-0.3, -0.25) is 0 Å². The molecule has 0 fully saturated rings. The van der Waals surface area contributed by atoms with Crippen LogP contribution in [0.5, 0.6) is 0 Å². The van der Waals surface area contributed by atoms with Gasteiger partial charge in [0.25, 0.3) is 0 Å². The third-order valence-corrected chi connectivity index (χ3v) is 2.09. The van der Waals surface area contributed by atoms with E-state index >= 15 is 0 Å². The molecule has 0 bridgehead atoms. The first-order valence-electron chi connectivity index (χ1n) is 3.85. The van der Waals surface area contributed by atoms with Crippen molar-refractivity contribution >= 4 is 22.6 Å². The zero-order chi connectivity index (χ0) is 8.81. The van der Waals surface area contributed by atoms with Crippen molar-refractivity contribution in [2.75, 3.05) is 13.2 Å². The van der Waals surface area contributed by atoms with Gasteiger partial charge in [0.05, 0.1) is 13.2 Å². The highest BCUT2D eigenvalue weighted by atomic mass is 127. The van der Waals surface area contributed by atoms with Gasteiger partial charge in [0.1, 0.15) is 0 Å². The Morgan fingerprint density at radius 3 is 2.92 bits per heavy atom. The van der Waals surface area contributed by atoms with Gasteiger partial charge >= 0.3 is 0 Å². The van der Waals surface area contributed by atoms with Crippen LogP contribution in [0.15, 0.2) is 24.3 Å². The summed E-state index contributed by atoms with van der Waals surface area (Å²) in [7, 11) is 0. The summed E-state index contributed by atoms with van der Waals surface area (Å²) in [6.07, 6.45) is 0. The van der Waals surface area contributed by atoms with Crippen LogP contribution in [0.3, 0.4) is 0 Å². The van der Waals surface area contributed by atoms with Crippen LogP contribution >= 0.6 is 22.6 Å². The lowest BCUT2D eigenvalue weighted by Gasteiger charge is -2.02. The van der Waals surface area contributed by atoms with E-state index in [1.54, 1.807) is 0 Å². The molecule has 0 aromatic heterocycles. The number of benzene rings is 1. The van der Waals surface area contributed by atoms with E-state index in [4.69, 9.17) is 10.5 Å². The van der Waals surface area contributed by atoms with Gasteiger partial charge in [-0.25, -0.2) is 0 Å². The molecule has 0 aliphatic rings. The van der Waals surface area contributed by atoms with Crippen LogP contribution in [0.2, 0.25) is 0 Å². The summed E-state index contributed by atoms with van der Waals surface area (Å²) in [5.41, 5.74) is 6.50. The van der Waals surface area contributed by atoms with Crippen molar-refractivity contribution in [1.82, 2.24) is 0 Å². The van der Waals surface area contributed by atoms with Gasteiger partial charge in [0.15, 0.2) is 0 Å². The molecule has 0 aliphatic carbocycles. The molecule has 0 saturated heterocycles. The van der Waals surface area contributed by atoms with Crippen LogP contribution in [-0.4, -0.2) is 13.2 Å². The summed E-state index contributed by atoms with van der Waals surface area (Å²) in [5, 5.41) is 0. The molecule has 0 saturated carbocycles. The first-order chi connectivity index (χ1) is 5.83. The number of hydrogen-bond acceptors (Lipinski definition) is 2. The molecule has 3 heteroatoms. The molecule has 1 rings (SSSR count). The molecule has 0 amide bonds. The lowest BCUT2D eigenvalue weighted by molar-refractivity contribution is 0.128. The lowest BCUT2D eigenvalue weighted by atomic mass is 10.2. The van der Waals surface area contributed by atoms with Crippen LogP contribution < -0.4 is 5.73 Å². The molecule has 0 radical (unpaired) electrons. The number of halogens is 1. The maximum Gasteiger partial charge on any atom is 0.0717 e. The fraction of sp³-hybridized carbons (Fsp3) is 0.333. The summed E-state index contributed by atoms with van der Waals surface area (Å²) < 4.78 is 6.53. The van der Waals surface area contributed by atoms with E-state index in [1.165, 1.54) is 9.13 Å². The molecule has 0 heterocycles. The number of rotatable bonds is 4. The Balaban J connectivity index is 2.41. The monoisotopic (exact) mass is 277 g/mol. The SMILES string of the molecule is NCCOCc1cccc(I)c1. The van der Waals surface area contributed by atoms with Gasteiger partial charge in [0, 0.05) is 10.1 Å². The van der Waals surface area contributed by atoms with Crippen molar-refractivity contribution < 1.29 is 4.74 Å². The van der Waals surface area contributed by atoms with E-state index in [0.717, 1.165) is 0 Å². The quantitative estimate of drug-likeness (QED) is 0.672. The Bertz CT molecular complexity index is 240. The Labute approximate surface area is 86.2 Å². The van der Waals surface area contributed by atoms with Crippen LogP contribution in [0, 0.1) is 3.57 Å². The standard InChI is InChI=1S/C9H12INO/c10-9-3-1-2-8(6-9)7-12-5-4-11/h1-3,6H,4-5,7,11H2. The highest BCUT2D eigenvalue weighted by Crippen LogP contribution is 2.08. The van der Waals surface area contributed by atoms with E-state index in [1.807, 2.05) is 6.07 Å². The van der Waals surface area contributed by atoms with Crippen molar-refractivity contribution in [2.24, 2.45) is 5.73 Å². The first-order valence-corrected chi connectivity index (χ1v) is 4.93. The van der Waals surface area contributed by atoms with Crippen LogP contribution in [0.1, 0.15) is 5.56 Å². The van der Waals surface area contributed by atoms with Crippen molar-refractivity contribution in [1.29, 1.82) is 0 Å². The second-order valence-electron chi connectivity index (χ2n) is 2.47. The Kier molecular flexibility index (Phi) is 4.57. The smallest absolute Gasteiger partial charge is 0.0717 e. The number of ether oxygens (including phenoxy) is 1. The molecule has 1 aromatic rings. The van der Waals surface area contributed by atoms with E-state index < -0.39 is 0 Å².